The Morgan fingerprint density at radius 2 is 1.17 bits per heavy atom. The summed E-state index contributed by atoms with van der Waals surface area (Å²) in [6.45, 7) is 9.76. The number of hydrogen-bond donors (Lipinski definition) is 10. The maximum absolute atomic E-state index is 13.6. The maximum Gasteiger partial charge on any atom is 0.326 e. The molecule has 1 rings (SSSR count). The van der Waals surface area contributed by atoms with Gasteiger partial charge in [-0.15, -0.1) is 0 Å². The molecule has 0 heterocycles. The monoisotopic (exact) mass is 815 g/mol. The van der Waals surface area contributed by atoms with Crippen molar-refractivity contribution in [3.05, 3.63) is 48.0 Å². The van der Waals surface area contributed by atoms with Gasteiger partial charge in [-0.05, 0) is 23.3 Å². The number of nitrogens with one attached hydrogen (secondary N) is 8. The number of carbonyl (C=O) groups is 10. The lowest BCUT2D eigenvalue weighted by Crippen LogP contribution is -2.61. The van der Waals surface area contributed by atoms with Crippen LogP contribution in [0.25, 0.3) is 0 Å². The minimum Gasteiger partial charge on any atom is -0.480 e. The zero-order valence-corrected chi connectivity index (χ0v) is 33.8. The van der Waals surface area contributed by atoms with Crippen LogP contribution in [-0.4, -0.2) is 114 Å². The summed E-state index contributed by atoms with van der Waals surface area (Å²) in [7, 11) is 0. The molecule has 11 N–H and O–H groups in total. The third-order valence-corrected chi connectivity index (χ3v) is 8.67. The van der Waals surface area contributed by atoms with E-state index in [0.29, 0.717) is 12.0 Å². The predicted molar refractivity (Wildman–Crippen MR) is 210 cm³/mol. The van der Waals surface area contributed by atoms with Crippen LogP contribution < -0.4 is 48.3 Å². The molecule has 6 atom stereocenters. The van der Waals surface area contributed by atoms with Crippen LogP contribution in [0.1, 0.15) is 60.5 Å². The minimum atomic E-state index is -1.44. The van der Waals surface area contributed by atoms with Crippen LogP contribution in [0.2, 0.25) is 0 Å². The molecule has 1 aromatic carbocycles. The average molecular weight is 816 g/mol. The van der Waals surface area contributed by atoms with Crippen LogP contribution in [0.5, 0.6) is 0 Å². The van der Waals surface area contributed by atoms with E-state index in [2.05, 4.69) is 42.5 Å². The number of carboxylic acid groups (broad SMARTS) is 1. The fraction of sp³-hybridized carbons (Fsp3) is 0.526. The Morgan fingerprint density at radius 3 is 1.71 bits per heavy atom. The Morgan fingerprint density at radius 1 is 0.638 bits per heavy atom. The first-order chi connectivity index (χ1) is 27.2. The molecule has 0 aliphatic heterocycles. The summed E-state index contributed by atoms with van der Waals surface area (Å²) >= 11 is 0. The highest BCUT2D eigenvalue weighted by atomic mass is 16.4. The van der Waals surface area contributed by atoms with Gasteiger partial charge in [-0.3, -0.25) is 43.2 Å². The second-order valence-electron chi connectivity index (χ2n) is 14.2. The molecule has 0 aromatic heterocycles. The van der Waals surface area contributed by atoms with Crippen LogP contribution in [0, 0.1) is 17.8 Å². The van der Waals surface area contributed by atoms with Gasteiger partial charge in [0.05, 0.1) is 13.1 Å². The van der Waals surface area contributed by atoms with Crippen LogP contribution in [0.3, 0.4) is 0 Å². The lowest BCUT2D eigenvalue weighted by Gasteiger charge is -2.30. The largest absolute Gasteiger partial charge is 0.480 e. The molecule has 320 valence electrons. The van der Waals surface area contributed by atoms with E-state index in [1.54, 1.807) is 71.9 Å². The SMILES string of the molecule is CCC(C)C(NC(=O)C(CNC(C)=O)NC(=O)C=CC(=O)NCC(=O)NCC(=O)NC(Cc1ccccc1)C(=O)O)C(=O)NC(C(=O)NC(C(N)=O)C(C)C)C(C)C. The van der Waals surface area contributed by atoms with Crippen molar-refractivity contribution >= 4 is 59.1 Å². The second kappa shape index (κ2) is 25.0. The molecule has 1 aromatic rings. The fourth-order valence-corrected chi connectivity index (χ4v) is 5.13. The van der Waals surface area contributed by atoms with E-state index in [-0.39, 0.29) is 12.3 Å². The molecule has 0 spiro atoms. The van der Waals surface area contributed by atoms with Crippen molar-refractivity contribution in [3.8, 4) is 0 Å². The van der Waals surface area contributed by atoms with Gasteiger partial charge in [-0.1, -0.05) is 78.3 Å². The van der Waals surface area contributed by atoms with Gasteiger partial charge in [0.25, 0.3) is 0 Å². The number of rotatable bonds is 24. The lowest BCUT2D eigenvalue weighted by atomic mass is 9.95. The molecule has 0 aliphatic rings. The van der Waals surface area contributed by atoms with E-state index < -0.39 is 121 Å². The predicted octanol–water partition coefficient (Wildman–Crippen LogP) is -2.49. The van der Waals surface area contributed by atoms with Gasteiger partial charge in [0.15, 0.2) is 0 Å². The molecule has 6 unspecified atom stereocenters. The highest BCUT2D eigenvalue weighted by Gasteiger charge is 2.34. The van der Waals surface area contributed by atoms with Crippen molar-refractivity contribution < 1.29 is 53.1 Å². The average Bonchev–Trinajstić information content (AvgIpc) is 3.16. The maximum atomic E-state index is 13.6. The van der Waals surface area contributed by atoms with Gasteiger partial charge in [-0.25, -0.2) is 4.79 Å². The van der Waals surface area contributed by atoms with E-state index in [0.717, 1.165) is 12.2 Å². The standard InChI is InChI=1S/C38H57N9O11/c1-8-22(6)33(37(56)46-32(21(4)5)36(55)45-31(20(2)3)34(39)53)47-35(54)26(17-40-23(7)48)44-28(50)15-14-27(49)41-18-29(51)42-19-30(52)43-25(38(57)58)16-24-12-10-9-11-13-24/h9-15,20-22,25-26,31-33H,8,16-19H2,1-7H3,(H2,39,53)(H,40,48)(H,41,49)(H,42,51)(H,43,52)(H,44,50)(H,45,55)(H,46,56)(H,47,54)(H,57,58). The first kappa shape index (κ1) is 49.7. The molecule has 0 saturated heterocycles. The summed E-state index contributed by atoms with van der Waals surface area (Å²) in [5.74, 6) is -9.52. The van der Waals surface area contributed by atoms with E-state index in [9.17, 15) is 53.1 Å². The summed E-state index contributed by atoms with van der Waals surface area (Å²) in [5.41, 5.74) is 6.11. The van der Waals surface area contributed by atoms with E-state index in [1.807, 2.05) is 0 Å². The van der Waals surface area contributed by atoms with Gasteiger partial charge in [0.2, 0.25) is 53.2 Å². The van der Waals surface area contributed by atoms with Gasteiger partial charge in [-0.2, -0.15) is 0 Å². The van der Waals surface area contributed by atoms with Crippen LogP contribution in [0.15, 0.2) is 42.5 Å². The topological polar surface area (TPSA) is 313 Å². The van der Waals surface area contributed by atoms with Gasteiger partial charge in [0, 0.05) is 32.0 Å². The Bertz CT molecular complexity index is 1670. The van der Waals surface area contributed by atoms with Crippen molar-refractivity contribution in [1.82, 2.24) is 42.5 Å². The number of nitrogens with two attached hydrogens (primary N) is 1. The zero-order valence-electron chi connectivity index (χ0n) is 33.8. The zero-order chi connectivity index (χ0) is 44.1. The summed E-state index contributed by atoms with van der Waals surface area (Å²) in [5, 5.41) is 28.7. The van der Waals surface area contributed by atoms with Crippen LogP contribution >= 0.6 is 0 Å². The Kier molecular flexibility index (Phi) is 21.4. The number of carbonyl (C=O) groups excluding carboxylic acids is 9. The molecule has 0 aliphatic carbocycles. The highest BCUT2D eigenvalue weighted by molar-refractivity contribution is 6.00. The van der Waals surface area contributed by atoms with Crippen molar-refractivity contribution in [2.45, 2.75) is 91.5 Å². The van der Waals surface area contributed by atoms with Gasteiger partial charge < -0.3 is 53.4 Å². The van der Waals surface area contributed by atoms with Crippen LogP contribution in [-0.2, 0) is 54.4 Å². The van der Waals surface area contributed by atoms with E-state index in [4.69, 9.17) is 5.73 Å². The first-order valence-corrected chi connectivity index (χ1v) is 18.7. The van der Waals surface area contributed by atoms with Crippen molar-refractivity contribution in [1.29, 1.82) is 0 Å². The molecule has 0 radical (unpaired) electrons. The van der Waals surface area contributed by atoms with Crippen molar-refractivity contribution in [2.75, 3.05) is 19.6 Å². The van der Waals surface area contributed by atoms with Gasteiger partial charge >= 0.3 is 5.97 Å². The van der Waals surface area contributed by atoms with Crippen LogP contribution in [0.4, 0.5) is 0 Å². The summed E-state index contributed by atoms with van der Waals surface area (Å²) < 4.78 is 0. The summed E-state index contributed by atoms with van der Waals surface area (Å²) in [6.07, 6.45) is 1.94. The third kappa shape index (κ3) is 18.5. The molecular weight excluding hydrogens is 758 g/mol. The summed E-state index contributed by atoms with van der Waals surface area (Å²) in [4.78, 5) is 125. The number of primary amides is 1. The highest BCUT2D eigenvalue weighted by Crippen LogP contribution is 2.12. The molecule has 20 nitrogen and oxygen atoms in total. The molecule has 58 heavy (non-hydrogen) atoms. The molecule has 9 amide bonds. The van der Waals surface area contributed by atoms with Crippen molar-refractivity contribution in [3.63, 3.8) is 0 Å². The quantitative estimate of drug-likeness (QED) is 0.0487. The Labute approximate surface area is 337 Å². The number of carboxylic acids is 1. The molecule has 0 fully saturated rings. The van der Waals surface area contributed by atoms with Gasteiger partial charge in [0.1, 0.15) is 30.2 Å². The molecular formula is C38H57N9O11. The number of amides is 9. The summed E-state index contributed by atoms with van der Waals surface area (Å²) in [6, 6.07) is 2.58. The fourth-order valence-electron chi connectivity index (χ4n) is 5.13. The Balaban J connectivity index is 2.88. The minimum absolute atomic E-state index is 0.0151. The van der Waals surface area contributed by atoms with E-state index in [1.165, 1.54) is 6.92 Å². The molecule has 0 bridgehead atoms. The number of hydrogen-bond acceptors (Lipinski definition) is 10. The number of benzene rings is 1. The third-order valence-electron chi connectivity index (χ3n) is 8.67. The second-order valence-corrected chi connectivity index (χ2v) is 14.2. The molecule has 0 saturated carbocycles. The first-order valence-electron chi connectivity index (χ1n) is 18.7. The number of aliphatic carboxylic acids is 1. The lowest BCUT2D eigenvalue weighted by molar-refractivity contribution is -0.141. The normalized spacial score (nSPS) is 14.1. The Hall–Kier alpha value is -6.34. The molecule has 20 heteroatoms. The van der Waals surface area contributed by atoms with E-state index >= 15 is 0 Å². The van der Waals surface area contributed by atoms with Crippen molar-refractivity contribution in [2.24, 2.45) is 23.5 Å². The smallest absolute Gasteiger partial charge is 0.326 e.